The molecule has 0 rings (SSSR count). The Bertz CT molecular complexity index is 208. The lowest BCUT2D eigenvalue weighted by molar-refractivity contribution is -0.0289. The maximum Gasteiger partial charge on any atom is 0.550 e. The first-order chi connectivity index (χ1) is 6.52. The number of hydrazine groups is 2. The molecule has 80 valence electrons. The topological polar surface area (TPSA) is 170 Å². The second-order valence-corrected chi connectivity index (χ2v) is 1.64. The molecule has 4 amide bonds. The largest absolute Gasteiger partial charge is 0.550 e. The van der Waals surface area contributed by atoms with Crippen LogP contribution in [0.4, 0.5) is 14.4 Å². The van der Waals surface area contributed by atoms with E-state index in [1.807, 2.05) is 0 Å². The molecule has 0 atom stereocenters. The van der Waals surface area contributed by atoms with E-state index >= 15 is 0 Å². The molecule has 14 heavy (non-hydrogen) atoms. The van der Waals surface area contributed by atoms with Gasteiger partial charge in [-0.05, 0) is 0 Å². The van der Waals surface area contributed by atoms with Crippen molar-refractivity contribution in [3.63, 3.8) is 0 Å². The number of carbonyl (C=O) groups is 3. The summed E-state index contributed by atoms with van der Waals surface area (Å²) in [5.74, 6) is 0. The van der Waals surface area contributed by atoms with Crippen molar-refractivity contribution in [2.75, 3.05) is 0 Å². The highest BCUT2D eigenvalue weighted by atomic mass is 16.9. The van der Waals surface area contributed by atoms with Crippen LogP contribution in [-0.4, -0.2) is 18.2 Å². The number of nitrogens with one attached hydrogen (secondary N) is 4. The Morgan fingerprint density at radius 2 is 1.21 bits per heavy atom. The van der Waals surface area contributed by atoms with E-state index in [4.69, 9.17) is 0 Å². The van der Waals surface area contributed by atoms with Gasteiger partial charge in [0.05, 0.1) is 0 Å². The third-order valence-corrected chi connectivity index (χ3v) is 0.617. The summed E-state index contributed by atoms with van der Waals surface area (Å²) in [6.07, 6.45) is -1.30. The highest BCUT2D eigenvalue weighted by Crippen LogP contribution is 1.73. The van der Waals surface area contributed by atoms with Gasteiger partial charge < -0.3 is 21.1 Å². The first kappa shape index (κ1) is 11.7. The zero-order chi connectivity index (χ0) is 11.0. The number of nitrogens with two attached hydrogens (primary N) is 2. The summed E-state index contributed by atoms with van der Waals surface area (Å²) in [6.45, 7) is 0. The maximum absolute atomic E-state index is 10.5. The van der Waals surface area contributed by atoms with E-state index in [0.717, 1.165) is 0 Å². The van der Waals surface area contributed by atoms with Gasteiger partial charge in [-0.1, -0.05) is 11.2 Å². The molecule has 0 radical (unpaired) electrons. The molecule has 0 fully saturated rings. The summed E-state index contributed by atoms with van der Waals surface area (Å²) in [5.41, 5.74) is 15.9. The molecule has 11 heteroatoms. The fraction of sp³-hybridized carbons (Fsp3) is 0. The zero-order valence-electron chi connectivity index (χ0n) is 6.70. The van der Waals surface area contributed by atoms with Gasteiger partial charge in [-0.25, -0.2) is 20.4 Å². The van der Waals surface area contributed by atoms with Crippen molar-refractivity contribution >= 4 is 18.2 Å². The molecule has 0 saturated carbocycles. The second-order valence-electron chi connectivity index (χ2n) is 1.64. The molecule has 0 bridgehead atoms. The summed E-state index contributed by atoms with van der Waals surface area (Å²) in [4.78, 5) is 38.4. The lowest BCUT2D eigenvalue weighted by Gasteiger charge is -2.05. The average Bonchev–Trinajstić information content (AvgIpc) is 2.02. The van der Waals surface area contributed by atoms with Crippen molar-refractivity contribution in [2.24, 2.45) is 11.5 Å². The summed E-state index contributed by atoms with van der Waals surface area (Å²) >= 11 is 0. The number of carbonyl (C=O) groups excluding carboxylic acids is 3. The number of amides is 4. The van der Waals surface area contributed by atoms with Crippen molar-refractivity contribution in [1.82, 2.24) is 22.0 Å². The maximum atomic E-state index is 10.5. The molecule has 0 aromatic rings. The molecule has 11 nitrogen and oxygen atoms in total. The van der Waals surface area contributed by atoms with Gasteiger partial charge in [0.1, 0.15) is 0 Å². The first-order valence-electron chi connectivity index (χ1n) is 3.01. The van der Waals surface area contributed by atoms with Crippen LogP contribution in [0.15, 0.2) is 0 Å². The monoisotopic (exact) mass is 208 g/mol. The van der Waals surface area contributed by atoms with Gasteiger partial charge in [0.15, 0.2) is 0 Å². The van der Waals surface area contributed by atoms with E-state index in [9.17, 15) is 14.4 Å². The molecular weight excluding hydrogens is 200 g/mol. The average molecular weight is 208 g/mol. The van der Waals surface area contributed by atoms with Crippen molar-refractivity contribution < 1.29 is 24.1 Å². The fourth-order valence-corrected chi connectivity index (χ4v) is 0.256. The number of hydrogen-bond acceptors (Lipinski definition) is 7. The molecule has 0 heterocycles. The van der Waals surface area contributed by atoms with E-state index in [1.54, 1.807) is 22.0 Å². The highest BCUT2D eigenvalue weighted by Gasteiger charge is 2.04. The lowest BCUT2D eigenvalue weighted by atomic mass is 11.1. The van der Waals surface area contributed by atoms with Crippen LogP contribution in [0.3, 0.4) is 0 Å². The van der Waals surface area contributed by atoms with Gasteiger partial charge in [-0.3, -0.25) is 0 Å². The van der Waals surface area contributed by atoms with E-state index < -0.39 is 18.2 Å². The van der Waals surface area contributed by atoms with Gasteiger partial charge in [0.2, 0.25) is 0 Å². The lowest BCUT2D eigenvalue weighted by Crippen LogP contribution is -2.45. The van der Waals surface area contributed by atoms with Gasteiger partial charge in [-0.15, -0.1) is 0 Å². The third-order valence-electron chi connectivity index (χ3n) is 0.617. The number of hydrogen-bond donors (Lipinski definition) is 6. The van der Waals surface area contributed by atoms with E-state index in [2.05, 4.69) is 21.1 Å². The molecule has 0 aromatic heterocycles. The van der Waals surface area contributed by atoms with Gasteiger partial charge in [0.25, 0.3) is 0 Å². The third kappa shape index (κ3) is 7.83. The molecule has 0 aliphatic rings. The molecule has 0 unspecified atom stereocenters. The Morgan fingerprint density at radius 1 is 0.857 bits per heavy atom. The Labute approximate surface area is 76.9 Å². The Kier molecular flexibility index (Phi) is 5.25. The van der Waals surface area contributed by atoms with E-state index in [0.29, 0.717) is 0 Å². The van der Waals surface area contributed by atoms with Crippen LogP contribution in [0.25, 0.3) is 0 Å². The molecule has 0 aliphatic heterocycles. The quantitative estimate of drug-likeness (QED) is 0.273. The van der Waals surface area contributed by atoms with Crippen LogP contribution in [0.1, 0.15) is 0 Å². The Morgan fingerprint density at radius 3 is 1.50 bits per heavy atom. The summed E-state index contributed by atoms with van der Waals surface area (Å²) in [6, 6.07) is -1.94. The van der Waals surface area contributed by atoms with Crippen molar-refractivity contribution in [1.29, 1.82) is 0 Å². The van der Waals surface area contributed by atoms with E-state index in [1.165, 1.54) is 0 Å². The van der Waals surface area contributed by atoms with Crippen LogP contribution in [0, 0.1) is 0 Å². The summed E-state index contributed by atoms with van der Waals surface area (Å²) in [5, 5.41) is 0. The van der Waals surface area contributed by atoms with Crippen LogP contribution in [0.2, 0.25) is 0 Å². The molecular formula is C3H8N6O5. The normalized spacial score (nSPS) is 8.57. The predicted octanol–water partition coefficient (Wildman–Crippen LogP) is -2.68. The Hall–Kier alpha value is -2.27. The van der Waals surface area contributed by atoms with Crippen LogP contribution in [-0.2, 0) is 9.68 Å². The van der Waals surface area contributed by atoms with Crippen LogP contribution in [0.5, 0.6) is 0 Å². The minimum Gasteiger partial charge on any atom is -0.350 e. The fourth-order valence-electron chi connectivity index (χ4n) is 0.256. The minimum absolute atomic E-state index is 0.971. The summed E-state index contributed by atoms with van der Waals surface area (Å²) < 4.78 is 0. The van der Waals surface area contributed by atoms with Crippen LogP contribution < -0.4 is 33.5 Å². The van der Waals surface area contributed by atoms with E-state index in [-0.39, 0.29) is 0 Å². The molecule has 0 aliphatic carbocycles. The van der Waals surface area contributed by atoms with Gasteiger partial charge in [-0.2, -0.15) is 4.79 Å². The van der Waals surface area contributed by atoms with Crippen molar-refractivity contribution in [2.45, 2.75) is 0 Å². The zero-order valence-corrected chi connectivity index (χ0v) is 6.70. The summed E-state index contributed by atoms with van der Waals surface area (Å²) in [7, 11) is 0. The van der Waals surface area contributed by atoms with Gasteiger partial charge in [0, 0.05) is 0 Å². The second kappa shape index (κ2) is 6.27. The molecule has 0 spiro atoms. The highest BCUT2D eigenvalue weighted by molar-refractivity contribution is 5.71. The molecule has 8 N–H and O–H groups in total. The SMILES string of the molecule is NC(=O)NNOC(=O)ONNC(N)=O. The Balaban J connectivity index is 3.37. The molecule has 0 saturated heterocycles. The number of rotatable bonds is 4. The minimum atomic E-state index is -1.30. The first-order valence-corrected chi connectivity index (χ1v) is 3.01. The van der Waals surface area contributed by atoms with Crippen molar-refractivity contribution in [3.8, 4) is 0 Å². The van der Waals surface area contributed by atoms with Crippen molar-refractivity contribution in [3.05, 3.63) is 0 Å². The number of urea groups is 2. The predicted molar refractivity (Wildman–Crippen MR) is 39.3 cm³/mol. The smallest absolute Gasteiger partial charge is 0.350 e. The standard InChI is InChI=1S/C3H8N6O5/c4-1(10)6-8-13-3(12)14-9-7-2(5)11/h8-9H,(H3,4,6,10)(H3,5,7,11). The molecule has 0 aromatic carbocycles. The number of primary amides is 2. The van der Waals surface area contributed by atoms with Gasteiger partial charge >= 0.3 is 18.2 Å². The van der Waals surface area contributed by atoms with Crippen LogP contribution >= 0.6 is 0 Å².